The second-order valence-electron chi connectivity index (χ2n) is 6.51. The quantitative estimate of drug-likeness (QED) is 0.339. The van der Waals surface area contributed by atoms with Gasteiger partial charge < -0.3 is 35.5 Å². The number of rotatable bonds is 13. The maximum Gasteiger partial charge on any atom is 0.225 e. The van der Waals surface area contributed by atoms with Gasteiger partial charge in [0.2, 0.25) is 11.9 Å². The molecule has 0 amide bonds. The Bertz CT molecular complexity index is 952. The summed E-state index contributed by atoms with van der Waals surface area (Å²) in [6.45, 7) is 3.16. The summed E-state index contributed by atoms with van der Waals surface area (Å²) in [5, 5.41) is 10.6. The number of nitrogens with two attached hydrogens (primary N) is 2. The molecular formula is C21H27N5O5. The molecule has 0 aliphatic rings. The van der Waals surface area contributed by atoms with Crippen molar-refractivity contribution in [2.75, 3.05) is 64.3 Å². The van der Waals surface area contributed by atoms with Crippen LogP contribution in [0.4, 0.5) is 11.9 Å². The Morgan fingerprint density at radius 3 is 1.94 bits per heavy atom. The fourth-order valence-electron chi connectivity index (χ4n) is 2.82. The zero-order valence-corrected chi connectivity index (χ0v) is 17.2. The molecule has 0 bridgehead atoms. The highest BCUT2D eigenvalue weighted by molar-refractivity contribution is 5.87. The number of benzene rings is 2. The number of fused-ring (bicyclic) bond motifs is 1. The van der Waals surface area contributed by atoms with Crippen LogP contribution >= 0.6 is 0 Å². The van der Waals surface area contributed by atoms with Gasteiger partial charge in [-0.25, -0.2) is 0 Å². The highest BCUT2D eigenvalue weighted by Gasteiger charge is 2.07. The van der Waals surface area contributed by atoms with E-state index >= 15 is 0 Å². The van der Waals surface area contributed by atoms with Crippen LogP contribution in [0.2, 0.25) is 0 Å². The van der Waals surface area contributed by atoms with Crippen molar-refractivity contribution in [1.82, 2.24) is 15.0 Å². The van der Waals surface area contributed by atoms with Gasteiger partial charge in [0.25, 0.3) is 0 Å². The lowest BCUT2D eigenvalue weighted by molar-refractivity contribution is 0.00361. The van der Waals surface area contributed by atoms with Crippen LogP contribution in [0.5, 0.6) is 5.75 Å². The lowest BCUT2D eigenvalue weighted by Crippen LogP contribution is -2.13. The zero-order valence-electron chi connectivity index (χ0n) is 17.2. The monoisotopic (exact) mass is 429 g/mol. The van der Waals surface area contributed by atoms with Crippen LogP contribution in [-0.4, -0.2) is 72.9 Å². The number of hydrogen-bond donors (Lipinski definition) is 3. The molecule has 3 aromatic rings. The summed E-state index contributed by atoms with van der Waals surface area (Å²) in [4.78, 5) is 12.1. The Morgan fingerprint density at radius 2 is 1.26 bits per heavy atom. The van der Waals surface area contributed by atoms with Crippen LogP contribution in [0, 0.1) is 0 Å². The van der Waals surface area contributed by atoms with E-state index in [1.54, 1.807) is 0 Å². The summed E-state index contributed by atoms with van der Waals surface area (Å²) in [6.07, 6.45) is 0. The molecule has 1 heterocycles. The van der Waals surface area contributed by atoms with E-state index in [2.05, 4.69) is 15.0 Å². The molecule has 0 unspecified atom stereocenters. The highest BCUT2D eigenvalue weighted by Crippen LogP contribution is 2.26. The third-order valence-corrected chi connectivity index (χ3v) is 4.22. The first-order valence-corrected chi connectivity index (χ1v) is 9.94. The molecular weight excluding hydrogens is 402 g/mol. The van der Waals surface area contributed by atoms with Crippen molar-refractivity contribution in [3.05, 3.63) is 36.4 Å². The molecule has 0 saturated carbocycles. The van der Waals surface area contributed by atoms with E-state index in [1.165, 1.54) is 0 Å². The van der Waals surface area contributed by atoms with E-state index in [9.17, 15) is 0 Å². The van der Waals surface area contributed by atoms with Gasteiger partial charge in [0.15, 0.2) is 5.82 Å². The number of nitrogen functional groups attached to an aromatic ring is 2. The molecule has 0 aliphatic carbocycles. The van der Waals surface area contributed by atoms with Crippen LogP contribution in [0.1, 0.15) is 0 Å². The first-order valence-electron chi connectivity index (χ1n) is 9.94. The predicted molar refractivity (Wildman–Crippen MR) is 117 cm³/mol. The molecule has 10 heteroatoms. The number of nitrogens with zero attached hydrogens (tertiary/aromatic N) is 3. The lowest BCUT2D eigenvalue weighted by atomic mass is 10.1. The Balaban J connectivity index is 1.42. The molecule has 0 atom stereocenters. The summed E-state index contributed by atoms with van der Waals surface area (Å²) < 4.78 is 21.7. The minimum absolute atomic E-state index is 0.0209. The van der Waals surface area contributed by atoms with Crippen molar-refractivity contribution in [3.63, 3.8) is 0 Å². The molecule has 0 spiro atoms. The Labute approximate surface area is 180 Å². The smallest absolute Gasteiger partial charge is 0.225 e. The normalized spacial score (nSPS) is 11.1. The van der Waals surface area contributed by atoms with Gasteiger partial charge in [-0.05, 0) is 29.0 Å². The number of aliphatic hydroxyl groups excluding tert-OH is 1. The fourth-order valence-corrected chi connectivity index (χ4v) is 2.82. The van der Waals surface area contributed by atoms with Crippen molar-refractivity contribution < 1.29 is 24.1 Å². The molecule has 10 nitrogen and oxygen atoms in total. The number of aliphatic hydroxyl groups is 1. The van der Waals surface area contributed by atoms with E-state index in [1.807, 2.05) is 36.4 Å². The van der Waals surface area contributed by atoms with E-state index in [-0.39, 0.29) is 18.5 Å². The zero-order chi connectivity index (χ0) is 21.9. The van der Waals surface area contributed by atoms with E-state index in [4.69, 9.17) is 35.5 Å². The lowest BCUT2D eigenvalue weighted by Gasteiger charge is -2.09. The Kier molecular flexibility index (Phi) is 8.73. The summed E-state index contributed by atoms with van der Waals surface area (Å²) in [5.41, 5.74) is 12.1. The molecule has 2 aromatic carbocycles. The second kappa shape index (κ2) is 12.0. The topological polar surface area (TPSA) is 148 Å². The van der Waals surface area contributed by atoms with Crippen LogP contribution in [-0.2, 0) is 14.2 Å². The van der Waals surface area contributed by atoms with Gasteiger partial charge in [-0.15, -0.1) is 0 Å². The third kappa shape index (κ3) is 7.30. The number of anilines is 2. The second-order valence-corrected chi connectivity index (χ2v) is 6.51. The maximum absolute atomic E-state index is 8.58. The van der Waals surface area contributed by atoms with Gasteiger partial charge >= 0.3 is 0 Å². The molecule has 3 rings (SSSR count). The molecule has 5 N–H and O–H groups in total. The Hall–Kier alpha value is -3.05. The van der Waals surface area contributed by atoms with E-state index in [0.29, 0.717) is 52.1 Å². The average molecular weight is 429 g/mol. The van der Waals surface area contributed by atoms with Crippen molar-refractivity contribution in [1.29, 1.82) is 0 Å². The van der Waals surface area contributed by atoms with Crippen LogP contribution < -0.4 is 16.2 Å². The van der Waals surface area contributed by atoms with Gasteiger partial charge in [-0.2, -0.15) is 15.0 Å². The van der Waals surface area contributed by atoms with Crippen molar-refractivity contribution in [3.8, 4) is 17.1 Å². The summed E-state index contributed by atoms with van der Waals surface area (Å²) in [7, 11) is 0. The molecule has 0 saturated heterocycles. The van der Waals surface area contributed by atoms with Crippen molar-refractivity contribution in [2.45, 2.75) is 0 Å². The van der Waals surface area contributed by atoms with Crippen LogP contribution in [0.25, 0.3) is 22.2 Å². The first-order chi connectivity index (χ1) is 15.2. The van der Waals surface area contributed by atoms with Gasteiger partial charge in [0.1, 0.15) is 12.4 Å². The summed E-state index contributed by atoms with van der Waals surface area (Å²) >= 11 is 0. The number of hydrogen-bond acceptors (Lipinski definition) is 10. The fraction of sp³-hybridized carbons (Fsp3) is 0.381. The summed E-state index contributed by atoms with van der Waals surface area (Å²) in [6, 6.07) is 11.7. The SMILES string of the molecule is Nc1nc(N)nc(-c2ccc3cc(OCCOCCOCCOCCO)ccc3c2)n1. The molecule has 0 aliphatic heterocycles. The van der Waals surface area contributed by atoms with Crippen molar-refractivity contribution in [2.24, 2.45) is 0 Å². The third-order valence-electron chi connectivity index (χ3n) is 4.22. The molecule has 166 valence electrons. The number of ether oxygens (including phenoxy) is 4. The van der Waals surface area contributed by atoms with E-state index < -0.39 is 0 Å². The van der Waals surface area contributed by atoms with Crippen molar-refractivity contribution >= 4 is 22.7 Å². The van der Waals surface area contributed by atoms with Gasteiger partial charge in [0.05, 0.1) is 46.2 Å². The molecule has 0 radical (unpaired) electrons. The van der Waals surface area contributed by atoms with Gasteiger partial charge in [-0.3, -0.25) is 0 Å². The Morgan fingerprint density at radius 1 is 0.677 bits per heavy atom. The largest absolute Gasteiger partial charge is 0.491 e. The first kappa shape index (κ1) is 22.6. The molecule has 0 fully saturated rings. The van der Waals surface area contributed by atoms with Gasteiger partial charge in [-0.1, -0.05) is 18.2 Å². The van der Waals surface area contributed by atoms with Crippen LogP contribution in [0.3, 0.4) is 0 Å². The number of aromatic nitrogens is 3. The standard InChI is InChI=1S/C21H27N5O5/c22-20-24-19(25-21(23)26-20)17-2-1-16-14-18(4-3-15(16)13-17)31-12-11-30-10-9-29-8-7-28-6-5-27/h1-4,13-14,27H,5-12H2,(H4,22,23,24,25,26). The van der Waals surface area contributed by atoms with E-state index in [0.717, 1.165) is 22.1 Å². The maximum atomic E-state index is 8.58. The van der Waals surface area contributed by atoms with Gasteiger partial charge in [0, 0.05) is 5.56 Å². The molecule has 1 aromatic heterocycles. The minimum atomic E-state index is 0.0209. The average Bonchev–Trinajstić information content (AvgIpc) is 2.76. The molecule has 31 heavy (non-hydrogen) atoms. The minimum Gasteiger partial charge on any atom is -0.491 e. The highest BCUT2D eigenvalue weighted by atomic mass is 16.6. The predicted octanol–water partition coefficient (Wildman–Crippen LogP) is 1.28. The summed E-state index contributed by atoms with van der Waals surface area (Å²) in [5.74, 6) is 1.38. The van der Waals surface area contributed by atoms with Crippen LogP contribution in [0.15, 0.2) is 36.4 Å².